The molecule has 1 aliphatic rings. The van der Waals surface area contributed by atoms with Gasteiger partial charge in [-0.2, -0.15) is 92.2 Å². The lowest BCUT2D eigenvalue weighted by Gasteiger charge is -2.54. The first kappa shape index (κ1) is 31.4. The van der Waals surface area contributed by atoms with E-state index >= 15 is 0 Å². The Hall–Kier alpha value is -1.65. The number of nitrogens with zero attached hydrogens (tertiary/aromatic N) is 1. The molecule has 0 amide bonds. The smallest absolute Gasteiger partial charge is 0.209 e. The summed E-state index contributed by atoms with van der Waals surface area (Å²) >= 11 is 0. The van der Waals surface area contributed by atoms with Gasteiger partial charge in [0.2, 0.25) is 0 Å². The summed E-state index contributed by atoms with van der Waals surface area (Å²) < 4.78 is 301. The Balaban J connectivity index is 4.05. The van der Waals surface area contributed by atoms with Crippen LogP contribution in [0.4, 0.5) is 101 Å². The van der Waals surface area contributed by atoms with Crippen molar-refractivity contribution >= 4 is 0 Å². The number of halogens is 23. The molecule has 0 aromatic heterocycles. The minimum Gasteiger partial charge on any atom is -0.209 e. The van der Waals surface area contributed by atoms with E-state index in [1.54, 1.807) is 0 Å². The summed E-state index contributed by atoms with van der Waals surface area (Å²) in [5.41, 5.74) is 0. The van der Waals surface area contributed by atoms with Crippen LogP contribution in [0.1, 0.15) is 0 Å². The predicted molar refractivity (Wildman–Crippen MR) is 57.4 cm³/mol. The second kappa shape index (κ2) is 7.01. The minimum absolute atomic E-state index is 4.90. The third kappa shape index (κ3) is 2.96. The van der Waals surface area contributed by atoms with Gasteiger partial charge in [-0.05, 0) is 5.12 Å². The van der Waals surface area contributed by atoms with Crippen molar-refractivity contribution in [2.45, 2.75) is 65.4 Å². The van der Waals surface area contributed by atoms with Crippen LogP contribution in [0, 0.1) is 0 Å². The van der Waals surface area contributed by atoms with E-state index in [1.165, 1.54) is 0 Å². The summed E-state index contributed by atoms with van der Waals surface area (Å²) in [6, 6.07) is -8.14. The first-order valence-corrected chi connectivity index (χ1v) is 7.27. The standard InChI is InChI=1S/C11F23N/c12-1(13,3(16,17)7(24,25)10(29,30)31)2(14,15)5(20,21)9(28)6(22,23)4(18,19)8(26,27)11(32,33)35(9)34. The summed E-state index contributed by atoms with van der Waals surface area (Å²) in [5.74, 6) is -79.8. The average Bonchev–Trinajstić information content (AvgIpc) is 2.63. The van der Waals surface area contributed by atoms with E-state index in [4.69, 9.17) is 0 Å². The molecule has 1 aliphatic heterocycles. The van der Waals surface area contributed by atoms with Gasteiger partial charge >= 0.3 is 65.4 Å². The second-order valence-corrected chi connectivity index (χ2v) is 6.54. The molecule has 35 heavy (non-hydrogen) atoms. The number of piperidine rings is 1. The Morgan fingerprint density at radius 3 is 1.03 bits per heavy atom. The van der Waals surface area contributed by atoms with Crippen molar-refractivity contribution in [2.75, 3.05) is 0 Å². The molecule has 0 aliphatic carbocycles. The lowest BCUT2D eigenvalue weighted by atomic mass is 9.80. The van der Waals surface area contributed by atoms with E-state index in [0.717, 1.165) is 0 Å². The van der Waals surface area contributed by atoms with E-state index in [1.807, 2.05) is 0 Å². The van der Waals surface area contributed by atoms with Crippen LogP contribution < -0.4 is 0 Å². The maximum Gasteiger partial charge on any atom is 0.460 e. The molecule has 24 heteroatoms. The quantitative estimate of drug-likeness (QED) is 0.190. The summed E-state index contributed by atoms with van der Waals surface area (Å²) in [5, 5.41) is -4.90. The molecule has 0 aromatic carbocycles. The molecule has 0 N–H and O–H groups in total. The van der Waals surface area contributed by atoms with Crippen molar-refractivity contribution < 1.29 is 101 Å². The molecule has 1 nitrogen and oxygen atoms in total. The number of alkyl halides is 22. The summed E-state index contributed by atoms with van der Waals surface area (Å²) in [4.78, 5) is 0. The van der Waals surface area contributed by atoms with E-state index in [2.05, 4.69) is 0 Å². The highest BCUT2D eigenvalue weighted by molar-refractivity contribution is 5.24. The molecule has 0 saturated carbocycles. The van der Waals surface area contributed by atoms with Crippen LogP contribution in [-0.4, -0.2) is 70.5 Å². The molecule has 0 spiro atoms. The zero-order chi connectivity index (χ0) is 29.1. The van der Waals surface area contributed by atoms with E-state index < -0.39 is 70.5 Å². The molecule has 210 valence electrons. The van der Waals surface area contributed by atoms with Crippen molar-refractivity contribution in [3.63, 3.8) is 0 Å². The average molecular weight is 583 g/mol. The fourth-order valence-electron chi connectivity index (χ4n) is 2.33. The van der Waals surface area contributed by atoms with Gasteiger partial charge in [-0.1, -0.05) is 0 Å². The van der Waals surface area contributed by atoms with Crippen molar-refractivity contribution in [3.8, 4) is 0 Å². The minimum atomic E-state index is -9.38. The largest absolute Gasteiger partial charge is 0.460 e. The number of hydrogen-bond acceptors (Lipinski definition) is 1. The Morgan fingerprint density at radius 1 is 0.400 bits per heavy atom. The maximum atomic E-state index is 14.1. The van der Waals surface area contributed by atoms with E-state index in [-0.39, 0.29) is 0 Å². The third-order valence-electron chi connectivity index (χ3n) is 4.45. The Labute approximate surface area is 173 Å². The van der Waals surface area contributed by atoms with Gasteiger partial charge in [0.15, 0.2) is 0 Å². The Bertz CT molecular complexity index is 835. The number of rotatable bonds is 5. The van der Waals surface area contributed by atoms with Crippen molar-refractivity contribution in [2.24, 2.45) is 0 Å². The van der Waals surface area contributed by atoms with Gasteiger partial charge in [-0.3, -0.25) is 0 Å². The molecular weight excluding hydrogens is 583 g/mol. The summed E-state index contributed by atoms with van der Waals surface area (Å²) in [7, 11) is 0. The molecule has 0 bridgehead atoms. The topological polar surface area (TPSA) is 3.24 Å². The molecule has 1 atom stereocenters. The maximum absolute atomic E-state index is 14.1. The van der Waals surface area contributed by atoms with Crippen LogP contribution in [0.25, 0.3) is 0 Å². The lowest BCUT2D eigenvalue weighted by Crippen LogP contribution is -2.88. The molecule has 1 saturated heterocycles. The monoisotopic (exact) mass is 583 g/mol. The van der Waals surface area contributed by atoms with Gasteiger partial charge in [0.05, 0.1) is 0 Å². The van der Waals surface area contributed by atoms with Crippen molar-refractivity contribution in [1.29, 1.82) is 0 Å². The van der Waals surface area contributed by atoms with Crippen LogP contribution in [-0.2, 0) is 0 Å². The van der Waals surface area contributed by atoms with E-state index in [0.29, 0.717) is 0 Å². The highest BCUT2D eigenvalue weighted by Gasteiger charge is 3.04. The molecule has 1 unspecified atom stereocenters. The van der Waals surface area contributed by atoms with Crippen LogP contribution in [0.5, 0.6) is 0 Å². The van der Waals surface area contributed by atoms with Gasteiger partial charge in [0.25, 0.3) is 0 Å². The summed E-state index contributed by atoms with van der Waals surface area (Å²) in [6.07, 6.45) is -8.10. The summed E-state index contributed by atoms with van der Waals surface area (Å²) in [6.45, 7) is 0. The number of hydrogen-bond donors (Lipinski definition) is 0. The zero-order valence-corrected chi connectivity index (χ0v) is 14.6. The van der Waals surface area contributed by atoms with E-state index in [9.17, 15) is 101 Å². The zero-order valence-electron chi connectivity index (χ0n) is 14.6. The van der Waals surface area contributed by atoms with Gasteiger partial charge < -0.3 is 0 Å². The highest BCUT2D eigenvalue weighted by Crippen LogP contribution is 2.71. The van der Waals surface area contributed by atoms with Gasteiger partial charge in [0.1, 0.15) is 0 Å². The van der Waals surface area contributed by atoms with Crippen molar-refractivity contribution in [3.05, 3.63) is 0 Å². The van der Waals surface area contributed by atoms with Crippen LogP contribution >= 0.6 is 0 Å². The van der Waals surface area contributed by atoms with Crippen molar-refractivity contribution in [1.82, 2.24) is 5.12 Å². The Morgan fingerprint density at radius 2 is 0.714 bits per heavy atom. The fourth-order valence-corrected chi connectivity index (χ4v) is 2.33. The Kier molecular flexibility index (Phi) is 6.28. The predicted octanol–water partition coefficient (Wildman–Crippen LogP) is 7.09. The highest BCUT2D eigenvalue weighted by atomic mass is 19.4. The van der Waals surface area contributed by atoms with Gasteiger partial charge in [0, 0.05) is 0 Å². The molecular formula is C11F23N. The van der Waals surface area contributed by atoms with Crippen LogP contribution in [0.2, 0.25) is 0 Å². The normalized spacial score (nSPS) is 28.2. The molecule has 0 radical (unpaired) electrons. The first-order valence-electron chi connectivity index (χ1n) is 7.27. The lowest BCUT2D eigenvalue weighted by molar-refractivity contribution is -0.553. The fraction of sp³-hybridized carbons (Fsp3) is 1.00. The third-order valence-corrected chi connectivity index (χ3v) is 4.45. The van der Waals surface area contributed by atoms with Crippen LogP contribution in [0.15, 0.2) is 0 Å². The molecule has 0 aromatic rings. The van der Waals surface area contributed by atoms with Gasteiger partial charge in [-0.15, -0.1) is 4.48 Å². The SMILES string of the molecule is FN1C(F)(F)C(F)(F)C(F)(F)C(F)(F)C1(F)C(F)(F)C(F)(F)C(F)(F)C(F)(F)C(F)(F)C(F)(F)F. The molecule has 1 rings (SSSR count). The molecule has 1 heterocycles. The van der Waals surface area contributed by atoms with Crippen LogP contribution in [0.3, 0.4) is 0 Å². The van der Waals surface area contributed by atoms with Gasteiger partial charge in [-0.25, -0.2) is 4.39 Å². The second-order valence-electron chi connectivity index (χ2n) is 6.54. The first-order chi connectivity index (χ1) is 14.7. The molecule has 1 fully saturated rings.